The van der Waals surface area contributed by atoms with E-state index in [0.717, 1.165) is 6.07 Å². The lowest BCUT2D eigenvalue weighted by atomic mass is 10.1. The molecule has 0 bridgehead atoms. The summed E-state index contributed by atoms with van der Waals surface area (Å²) in [5.74, 6) is -3.48. The fourth-order valence-corrected chi connectivity index (χ4v) is 1.54. The molecule has 0 atom stereocenters. The third-order valence-corrected chi connectivity index (χ3v) is 2.44. The number of rotatable bonds is 3. The van der Waals surface area contributed by atoms with Gasteiger partial charge >= 0.3 is 0 Å². The maximum absolute atomic E-state index is 13.5. The van der Waals surface area contributed by atoms with Gasteiger partial charge in [-0.1, -0.05) is 12.1 Å². The molecule has 0 aromatic heterocycles. The summed E-state index contributed by atoms with van der Waals surface area (Å²) in [6.07, 6.45) is 0. The summed E-state index contributed by atoms with van der Waals surface area (Å²) >= 11 is 0. The van der Waals surface area contributed by atoms with Crippen LogP contribution in [0.2, 0.25) is 0 Å². The van der Waals surface area contributed by atoms with E-state index >= 15 is 0 Å². The molecule has 0 saturated carbocycles. The van der Waals surface area contributed by atoms with Crippen molar-refractivity contribution in [2.45, 2.75) is 0 Å². The van der Waals surface area contributed by atoms with E-state index in [1.807, 2.05) is 0 Å². The number of carbonyl (C=O) groups is 1. The van der Waals surface area contributed by atoms with Gasteiger partial charge in [-0.2, -0.15) is 4.39 Å². The minimum Gasteiger partial charge on any atom is -0.451 e. The Balaban J connectivity index is 2.49. The summed E-state index contributed by atoms with van der Waals surface area (Å²) in [7, 11) is 0. The Bertz CT molecular complexity index is 645. The molecule has 0 spiro atoms. The molecule has 0 heterocycles. The fraction of sp³-hybridized carbons (Fsp3) is 0. The Hall–Kier alpha value is -2.63. The van der Waals surface area contributed by atoms with Crippen molar-refractivity contribution >= 4 is 11.6 Å². The molecule has 6 heteroatoms. The third-order valence-electron chi connectivity index (χ3n) is 2.44. The van der Waals surface area contributed by atoms with Crippen molar-refractivity contribution in [2.24, 2.45) is 5.73 Å². The van der Waals surface area contributed by atoms with Crippen molar-refractivity contribution in [3.8, 4) is 11.5 Å². The molecule has 0 saturated heterocycles. The van der Waals surface area contributed by atoms with Gasteiger partial charge in [0.2, 0.25) is 5.82 Å². The van der Waals surface area contributed by atoms with Crippen molar-refractivity contribution < 1.29 is 18.3 Å². The van der Waals surface area contributed by atoms with Gasteiger partial charge in [0, 0.05) is 0 Å². The van der Waals surface area contributed by atoms with Crippen LogP contribution in [0, 0.1) is 11.6 Å². The van der Waals surface area contributed by atoms with E-state index in [4.69, 9.17) is 16.2 Å². The topological polar surface area (TPSA) is 78.3 Å². The van der Waals surface area contributed by atoms with Crippen LogP contribution < -0.4 is 16.2 Å². The van der Waals surface area contributed by atoms with E-state index in [0.29, 0.717) is 0 Å². The largest absolute Gasteiger partial charge is 0.451 e. The zero-order valence-electron chi connectivity index (χ0n) is 9.69. The summed E-state index contributed by atoms with van der Waals surface area (Å²) in [5, 5.41) is 0. The highest BCUT2D eigenvalue weighted by atomic mass is 19.2. The average Bonchev–Trinajstić information content (AvgIpc) is 2.36. The Morgan fingerprint density at radius 1 is 1.11 bits per heavy atom. The van der Waals surface area contributed by atoms with E-state index in [-0.39, 0.29) is 22.7 Å². The van der Waals surface area contributed by atoms with Gasteiger partial charge in [-0.3, -0.25) is 4.79 Å². The van der Waals surface area contributed by atoms with Gasteiger partial charge in [0.25, 0.3) is 5.91 Å². The summed E-state index contributed by atoms with van der Waals surface area (Å²) in [6.45, 7) is 0. The molecule has 2 aromatic carbocycles. The van der Waals surface area contributed by atoms with Gasteiger partial charge < -0.3 is 16.2 Å². The first-order valence-corrected chi connectivity index (χ1v) is 5.31. The lowest BCUT2D eigenvalue weighted by Crippen LogP contribution is -2.13. The molecule has 1 amide bonds. The summed E-state index contributed by atoms with van der Waals surface area (Å²) in [5.41, 5.74) is 10.9. The number of amides is 1. The lowest BCUT2D eigenvalue weighted by Gasteiger charge is -2.12. The number of carbonyl (C=O) groups excluding carboxylic acids is 1. The SMILES string of the molecule is NC(=O)c1cccc(N)c1Oc1cccc(F)c1F. The number of para-hydroxylation sites is 1. The van der Waals surface area contributed by atoms with Gasteiger partial charge in [0.15, 0.2) is 17.3 Å². The van der Waals surface area contributed by atoms with Gasteiger partial charge in [0.05, 0.1) is 11.3 Å². The molecule has 0 aliphatic carbocycles. The first-order chi connectivity index (χ1) is 9.00. The molecular formula is C13H10F2N2O2. The predicted octanol–water partition coefficient (Wildman–Crippen LogP) is 2.44. The van der Waals surface area contributed by atoms with E-state index in [9.17, 15) is 13.6 Å². The van der Waals surface area contributed by atoms with Crippen molar-refractivity contribution in [2.75, 3.05) is 5.73 Å². The third kappa shape index (κ3) is 2.47. The van der Waals surface area contributed by atoms with Gasteiger partial charge in [0.1, 0.15) is 0 Å². The lowest BCUT2D eigenvalue weighted by molar-refractivity contribution is 0.0998. The number of halogens is 2. The van der Waals surface area contributed by atoms with Crippen LogP contribution >= 0.6 is 0 Å². The molecule has 19 heavy (non-hydrogen) atoms. The number of hydrogen-bond acceptors (Lipinski definition) is 3. The van der Waals surface area contributed by atoms with E-state index in [1.54, 1.807) is 0 Å². The maximum Gasteiger partial charge on any atom is 0.252 e. The first kappa shape index (κ1) is 12.8. The minimum atomic E-state index is -1.17. The first-order valence-electron chi connectivity index (χ1n) is 5.31. The number of nitrogen functional groups attached to an aromatic ring is 1. The molecule has 2 rings (SSSR count). The number of benzene rings is 2. The van der Waals surface area contributed by atoms with Crippen LogP contribution in [0.5, 0.6) is 11.5 Å². The summed E-state index contributed by atoms with van der Waals surface area (Å²) < 4.78 is 31.7. The zero-order valence-corrected chi connectivity index (χ0v) is 9.69. The van der Waals surface area contributed by atoms with Crippen LogP contribution in [-0.2, 0) is 0 Å². The molecule has 0 aliphatic rings. The van der Waals surface area contributed by atoms with Crippen molar-refractivity contribution in [1.82, 2.24) is 0 Å². The van der Waals surface area contributed by atoms with Crippen molar-refractivity contribution in [1.29, 1.82) is 0 Å². The highest BCUT2D eigenvalue weighted by Crippen LogP contribution is 2.32. The quantitative estimate of drug-likeness (QED) is 0.836. The standard InChI is InChI=1S/C13H10F2N2O2/c14-8-4-2-6-10(11(8)15)19-12-7(13(17)18)3-1-5-9(12)16/h1-6H,16H2,(H2,17,18). The molecule has 2 aromatic rings. The molecule has 0 aliphatic heterocycles. The van der Waals surface area contributed by atoms with Gasteiger partial charge in [-0.25, -0.2) is 4.39 Å². The Morgan fingerprint density at radius 2 is 1.79 bits per heavy atom. The molecule has 0 fully saturated rings. The fourth-order valence-electron chi connectivity index (χ4n) is 1.54. The Kier molecular flexibility index (Phi) is 3.33. The number of ether oxygens (including phenoxy) is 1. The highest BCUT2D eigenvalue weighted by molar-refractivity contribution is 5.97. The van der Waals surface area contributed by atoms with Crippen LogP contribution in [0.15, 0.2) is 36.4 Å². The molecule has 98 valence electrons. The molecular weight excluding hydrogens is 254 g/mol. The van der Waals surface area contributed by atoms with Crippen molar-refractivity contribution in [3.05, 3.63) is 53.6 Å². The number of nitrogens with two attached hydrogens (primary N) is 2. The van der Waals surface area contributed by atoms with E-state index in [2.05, 4.69) is 0 Å². The summed E-state index contributed by atoms with van der Waals surface area (Å²) in [6, 6.07) is 7.78. The summed E-state index contributed by atoms with van der Waals surface area (Å²) in [4.78, 5) is 11.2. The minimum absolute atomic E-state index is 0.0105. The Labute approximate surface area is 107 Å². The van der Waals surface area contributed by atoms with E-state index < -0.39 is 17.5 Å². The Morgan fingerprint density at radius 3 is 2.47 bits per heavy atom. The molecule has 4 nitrogen and oxygen atoms in total. The number of primary amides is 1. The normalized spacial score (nSPS) is 10.2. The average molecular weight is 264 g/mol. The van der Waals surface area contributed by atoms with Crippen LogP contribution in [-0.4, -0.2) is 5.91 Å². The second kappa shape index (κ2) is 4.93. The van der Waals surface area contributed by atoms with Crippen LogP contribution in [0.4, 0.5) is 14.5 Å². The number of hydrogen-bond donors (Lipinski definition) is 2. The van der Waals surface area contributed by atoms with Crippen LogP contribution in [0.1, 0.15) is 10.4 Å². The van der Waals surface area contributed by atoms with Crippen LogP contribution in [0.3, 0.4) is 0 Å². The monoisotopic (exact) mass is 264 g/mol. The van der Waals surface area contributed by atoms with E-state index in [1.165, 1.54) is 30.3 Å². The molecule has 0 radical (unpaired) electrons. The zero-order chi connectivity index (χ0) is 14.0. The predicted molar refractivity (Wildman–Crippen MR) is 65.8 cm³/mol. The second-order valence-electron chi connectivity index (χ2n) is 3.74. The maximum atomic E-state index is 13.5. The number of anilines is 1. The van der Waals surface area contributed by atoms with Gasteiger partial charge in [-0.05, 0) is 24.3 Å². The highest BCUT2D eigenvalue weighted by Gasteiger charge is 2.16. The van der Waals surface area contributed by atoms with Crippen molar-refractivity contribution in [3.63, 3.8) is 0 Å². The second-order valence-corrected chi connectivity index (χ2v) is 3.74. The van der Waals surface area contributed by atoms with Gasteiger partial charge in [-0.15, -0.1) is 0 Å². The smallest absolute Gasteiger partial charge is 0.252 e. The molecule has 0 unspecified atom stereocenters. The molecule has 4 N–H and O–H groups in total. The van der Waals surface area contributed by atoms with Crippen LogP contribution in [0.25, 0.3) is 0 Å².